The van der Waals surface area contributed by atoms with Crippen molar-refractivity contribution in [2.24, 2.45) is 17.6 Å². The van der Waals surface area contributed by atoms with Crippen molar-refractivity contribution in [3.05, 3.63) is 35.6 Å². The van der Waals surface area contributed by atoms with Gasteiger partial charge in [0.1, 0.15) is 5.82 Å². The van der Waals surface area contributed by atoms with Crippen LogP contribution >= 0.6 is 12.4 Å². The van der Waals surface area contributed by atoms with Gasteiger partial charge < -0.3 is 15.8 Å². The Kier molecular flexibility index (Phi) is 7.79. The smallest absolute Gasteiger partial charge is 0.223 e. The molecular weight excluding hydrogens is 307 g/mol. The molecule has 1 fully saturated rings. The molecule has 0 bridgehead atoms. The molecule has 1 unspecified atom stereocenters. The number of nitrogens with two attached hydrogens (primary N) is 1. The van der Waals surface area contributed by atoms with Crippen molar-refractivity contribution in [3.8, 4) is 0 Å². The molecule has 3 atom stereocenters. The lowest BCUT2D eigenvalue weighted by Crippen LogP contribution is -2.37. The number of hydrogen-bond donors (Lipinski definition) is 2. The van der Waals surface area contributed by atoms with Gasteiger partial charge in [-0.25, -0.2) is 4.39 Å². The molecule has 124 valence electrons. The van der Waals surface area contributed by atoms with E-state index in [1.165, 1.54) is 12.1 Å². The van der Waals surface area contributed by atoms with Gasteiger partial charge in [0, 0.05) is 19.6 Å². The largest absolute Gasteiger partial charge is 0.375 e. The summed E-state index contributed by atoms with van der Waals surface area (Å²) < 4.78 is 18.3. The molecule has 1 aliphatic rings. The summed E-state index contributed by atoms with van der Waals surface area (Å²) in [5.74, 6) is 0.0685. The molecule has 0 aliphatic heterocycles. The summed E-state index contributed by atoms with van der Waals surface area (Å²) in [6.07, 6.45) is 2.72. The van der Waals surface area contributed by atoms with Gasteiger partial charge in [-0.05, 0) is 43.0 Å². The lowest BCUT2D eigenvalue weighted by atomic mass is 9.95. The fourth-order valence-corrected chi connectivity index (χ4v) is 3.00. The number of halogens is 2. The van der Waals surface area contributed by atoms with Crippen molar-refractivity contribution in [2.45, 2.75) is 25.4 Å². The zero-order valence-electron chi connectivity index (χ0n) is 12.8. The lowest BCUT2D eigenvalue weighted by molar-refractivity contribution is -0.126. The van der Waals surface area contributed by atoms with Crippen molar-refractivity contribution < 1.29 is 13.9 Å². The highest BCUT2D eigenvalue weighted by molar-refractivity contribution is 5.85. The van der Waals surface area contributed by atoms with Gasteiger partial charge in [0.05, 0.1) is 6.10 Å². The van der Waals surface area contributed by atoms with Crippen LogP contribution in [0.5, 0.6) is 0 Å². The van der Waals surface area contributed by atoms with Crippen molar-refractivity contribution >= 4 is 18.3 Å². The maximum atomic E-state index is 12.9. The minimum atomic E-state index is -0.283. The van der Waals surface area contributed by atoms with E-state index in [0.717, 1.165) is 24.8 Å². The molecule has 3 N–H and O–H groups in total. The minimum absolute atomic E-state index is 0. The van der Waals surface area contributed by atoms with Gasteiger partial charge in [-0.1, -0.05) is 18.6 Å². The summed E-state index contributed by atoms with van der Waals surface area (Å²) in [5.41, 5.74) is 6.56. The summed E-state index contributed by atoms with van der Waals surface area (Å²) in [6, 6.07) is 6.14. The SMILES string of the molecule is COC(CNC(=O)[C@@H]1CCC[C@@H]1CN)c1ccc(F)cc1.Cl. The second-order valence-electron chi connectivity index (χ2n) is 5.55. The van der Waals surface area contributed by atoms with Crippen molar-refractivity contribution in [1.82, 2.24) is 5.32 Å². The molecule has 1 amide bonds. The van der Waals surface area contributed by atoms with E-state index < -0.39 is 0 Å². The van der Waals surface area contributed by atoms with Crippen LogP contribution in [0.1, 0.15) is 30.9 Å². The average molecular weight is 331 g/mol. The molecule has 1 aromatic rings. The third-order valence-corrected chi connectivity index (χ3v) is 4.29. The number of nitrogens with one attached hydrogen (secondary N) is 1. The Morgan fingerprint density at radius 3 is 2.68 bits per heavy atom. The number of benzene rings is 1. The Morgan fingerprint density at radius 1 is 1.41 bits per heavy atom. The molecule has 0 radical (unpaired) electrons. The topological polar surface area (TPSA) is 64.3 Å². The first-order valence-electron chi connectivity index (χ1n) is 7.41. The highest BCUT2D eigenvalue weighted by Gasteiger charge is 2.32. The summed E-state index contributed by atoms with van der Waals surface area (Å²) in [7, 11) is 1.58. The molecule has 1 aromatic carbocycles. The fourth-order valence-electron chi connectivity index (χ4n) is 3.00. The van der Waals surface area contributed by atoms with E-state index in [0.29, 0.717) is 13.1 Å². The molecule has 0 saturated heterocycles. The van der Waals surface area contributed by atoms with Gasteiger partial charge in [-0.15, -0.1) is 12.4 Å². The predicted molar refractivity (Wildman–Crippen MR) is 86.3 cm³/mol. The van der Waals surface area contributed by atoms with Gasteiger partial charge >= 0.3 is 0 Å². The van der Waals surface area contributed by atoms with E-state index in [-0.39, 0.29) is 42.1 Å². The molecule has 6 heteroatoms. The third kappa shape index (κ3) is 4.66. The van der Waals surface area contributed by atoms with Crippen molar-refractivity contribution in [2.75, 3.05) is 20.2 Å². The van der Waals surface area contributed by atoms with Crippen molar-refractivity contribution in [3.63, 3.8) is 0 Å². The number of hydrogen-bond acceptors (Lipinski definition) is 3. The zero-order valence-corrected chi connectivity index (χ0v) is 13.6. The predicted octanol–water partition coefficient (Wildman–Crippen LogP) is 2.43. The van der Waals surface area contributed by atoms with Gasteiger partial charge in [0.2, 0.25) is 5.91 Å². The summed E-state index contributed by atoms with van der Waals surface area (Å²) in [5, 5.41) is 2.94. The minimum Gasteiger partial charge on any atom is -0.375 e. The lowest BCUT2D eigenvalue weighted by Gasteiger charge is -2.21. The van der Waals surface area contributed by atoms with Crippen LogP contribution in [0.3, 0.4) is 0 Å². The Balaban J connectivity index is 0.00000242. The summed E-state index contributed by atoms with van der Waals surface area (Å²) in [6.45, 7) is 0.943. The zero-order chi connectivity index (χ0) is 15.2. The third-order valence-electron chi connectivity index (χ3n) is 4.29. The van der Waals surface area contributed by atoms with Crippen LogP contribution in [0, 0.1) is 17.7 Å². The quantitative estimate of drug-likeness (QED) is 0.842. The Bertz CT molecular complexity index is 470. The van der Waals surface area contributed by atoms with E-state index in [2.05, 4.69) is 5.32 Å². The summed E-state index contributed by atoms with van der Waals surface area (Å²) >= 11 is 0. The van der Waals surface area contributed by atoms with Crippen LogP contribution < -0.4 is 11.1 Å². The standard InChI is InChI=1S/C16H23FN2O2.ClH/c1-21-15(11-5-7-13(17)8-6-11)10-19-16(20)14-4-2-3-12(14)9-18;/h5-8,12,14-15H,2-4,9-10,18H2,1H3,(H,19,20);1H/t12-,14-,15?;/m1./s1. The van der Waals surface area contributed by atoms with Gasteiger partial charge in [-0.3, -0.25) is 4.79 Å². The monoisotopic (exact) mass is 330 g/mol. The maximum absolute atomic E-state index is 12.9. The molecule has 1 aliphatic carbocycles. The first-order chi connectivity index (χ1) is 10.2. The molecule has 4 nitrogen and oxygen atoms in total. The van der Waals surface area contributed by atoms with Crippen LogP contribution in [-0.2, 0) is 9.53 Å². The first-order valence-corrected chi connectivity index (χ1v) is 7.41. The van der Waals surface area contributed by atoms with E-state index in [9.17, 15) is 9.18 Å². The highest BCUT2D eigenvalue weighted by atomic mass is 35.5. The van der Waals surface area contributed by atoms with Crippen molar-refractivity contribution in [1.29, 1.82) is 0 Å². The van der Waals surface area contributed by atoms with Crippen LogP contribution in [0.2, 0.25) is 0 Å². The molecule has 22 heavy (non-hydrogen) atoms. The number of carbonyl (C=O) groups excluding carboxylic acids is 1. The molecule has 0 spiro atoms. The van der Waals surface area contributed by atoms with E-state index in [1.807, 2.05) is 0 Å². The maximum Gasteiger partial charge on any atom is 0.223 e. The Morgan fingerprint density at radius 2 is 2.09 bits per heavy atom. The van der Waals surface area contributed by atoms with E-state index in [4.69, 9.17) is 10.5 Å². The molecule has 2 rings (SSSR count). The Labute approximate surface area is 137 Å². The second-order valence-corrected chi connectivity index (χ2v) is 5.55. The van der Waals surface area contributed by atoms with E-state index >= 15 is 0 Å². The number of methoxy groups -OCH3 is 1. The Hall–Kier alpha value is -1.17. The number of amides is 1. The van der Waals surface area contributed by atoms with Crippen LogP contribution in [0.25, 0.3) is 0 Å². The first kappa shape index (κ1) is 18.9. The molecule has 1 saturated carbocycles. The van der Waals surface area contributed by atoms with Gasteiger partial charge in [-0.2, -0.15) is 0 Å². The van der Waals surface area contributed by atoms with Crippen LogP contribution in [0.4, 0.5) is 4.39 Å². The van der Waals surface area contributed by atoms with Gasteiger partial charge in [0.25, 0.3) is 0 Å². The van der Waals surface area contributed by atoms with Crippen LogP contribution in [0.15, 0.2) is 24.3 Å². The number of rotatable bonds is 6. The molecular formula is C16H24ClFN2O2. The summed E-state index contributed by atoms with van der Waals surface area (Å²) in [4.78, 5) is 12.2. The van der Waals surface area contributed by atoms with Gasteiger partial charge in [0.15, 0.2) is 0 Å². The highest BCUT2D eigenvalue weighted by Crippen LogP contribution is 2.31. The molecule has 0 aromatic heterocycles. The van der Waals surface area contributed by atoms with Crippen LogP contribution in [-0.4, -0.2) is 26.1 Å². The normalized spacial score (nSPS) is 22.0. The fraction of sp³-hybridized carbons (Fsp3) is 0.562. The second kappa shape index (κ2) is 9.08. The molecule has 0 heterocycles. The number of ether oxygens (including phenoxy) is 1. The average Bonchev–Trinajstić information content (AvgIpc) is 2.98. The van der Waals surface area contributed by atoms with E-state index in [1.54, 1.807) is 19.2 Å². The number of carbonyl (C=O) groups is 1.